The van der Waals surface area contributed by atoms with Crippen molar-refractivity contribution in [2.75, 3.05) is 20.3 Å². The van der Waals surface area contributed by atoms with Crippen LogP contribution in [0.2, 0.25) is 0 Å². The van der Waals surface area contributed by atoms with Crippen LogP contribution in [0.4, 0.5) is 0 Å². The van der Waals surface area contributed by atoms with Gasteiger partial charge in [0, 0.05) is 29.6 Å². The topological polar surface area (TPSA) is 84.9 Å². The van der Waals surface area contributed by atoms with E-state index < -0.39 is 22.6 Å². The summed E-state index contributed by atoms with van der Waals surface area (Å²) in [5.74, 6) is -0.958. The van der Waals surface area contributed by atoms with Crippen LogP contribution in [0.15, 0.2) is 30.3 Å². The van der Waals surface area contributed by atoms with E-state index in [0.29, 0.717) is 31.4 Å². The molecule has 1 heterocycles. The summed E-state index contributed by atoms with van der Waals surface area (Å²) in [5.41, 5.74) is -1.59. The van der Waals surface area contributed by atoms with Crippen LogP contribution in [0.3, 0.4) is 0 Å². The van der Waals surface area contributed by atoms with Crippen LogP contribution in [-0.2, 0) is 19.1 Å². The van der Waals surface area contributed by atoms with Gasteiger partial charge in [0.05, 0.1) is 7.11 Å². The minimum Gasteiger partial charge on any atom is -0.467 e. The lowest BCUT2D eigenvalue weighted by Crippen LogP contribution is -2.72. The SMILES string of the molecule is CCCC(=O)OCCN1C(C)(C)CC(NC(=O)c2ccccc2)(C(=O)OC)CC1(C)C. The lowest BCUT2D eigenvalue weighted by atomic mass is 9.68. The molecule has 0 saturated carbocycles. The van der Waals surface area contributed by atoms with Crippen molar-refractivity contribution < 1.29 is 23.9 Å². The molecule has 1 amide bonds. The third-order valence-corrected chi connectivity index (χ3v) is 5.93. The minimum atomic E-state index is -1.16. The van der Waals surface area contributed by atoms with E-state index in [1.54, 1.807) is 24.3 Å². The van der Waals surface area contributed by atoms with E-state index in [4.69, 9.17) is 9.47 Å². The van der Waals surface area contributed by atoms with E-state index in [0.717, 1.165) is 6.42 Å². The smallest absolute Gasteiger partial charge is 0.331 e. The van der Waals surface area contributed by atoms with E-state index in [1.807, 2.05) is 40.7 Å². The lowest BCUT2D eigenvalue weighted by Gasteiger charge is -2.58. The first kappa shape index (κ1) is 24.9. The first-order valence-corrected chi connectivity index (χ1v) is 10.9. The number of nitrogens with one attached hydrogen (secondary N) is 1. The number of carbonyl (C=O) groups is 3. The summed E-state index contributed by atoms with van der Waals surface area (Å²) in [6.45, 7) is 10.9. The minimum absolute atomic E-state index is 0.200. The molecule has 7 heteroatoms. The van der Waals surface area contributed by atoms with Crippen LogP contribution in [0, 0.1) is 0 Å². The van der Waals surface area contributed by atoms with Gasteiger partial charge in [0.25, 0.3) is 5.91 Å². The molecule has 1 N–H and O–H groups in total. The maximum atomic E-state index is 13.0. The molecule has 1 saturated heterocycles. The zero-order chi connectivity index (χ0) is 23.3. The number of hydrogen-bond acceptors (Lipinski definition) is 6. The average Bonchev–Trinajstić information content (AvgIpc) is 2.69. The van der Waals surface area contributed by atoms with Crippen LogP contribution in [-0.4, -0.2) is 59.6 Å². The third-order valence-electron chi connectivity index (χ3n) is 5.93. The number of likely N-dealkylation sites (tertiary alicyclic amines) is 1. The molecule has 0 bridgehead atoms. The fraction of sp³-hybridized carbons (Fsp3) is 0.625. The summed E-state index contributed by atoms with van der Waals surface area (Å²) >= 11 is 0. The van der Waals surface area contributed by atoms with Crippen LogP contribution in [0.1, 0.15) is 70.7 Å². The van der Waals surface area contributed by atoms with Crippen molar-refractivity contribution in [3.05, 3.63) is 35.9 Å². The molecule has 0 aliphatic carbocycles. The molecule has 0 atom stereocenters. The number of amides is 1. The number of esters is 2. The zero-order valence-corrected chi connectivity index (χ0v) is 19.6. The van der Waals surface area contributed by atoms with Gasteiger partial charge < -0.3 is 14.8 Å². The van der Waals surface area contributed by atoms with Crippen molar-refractivity contribution in [1.82, 2.24) is 10.2 Å². The predicted octanol–water partition coefficient (Wildman–Crippen LogP) is 3.32. The second kappa shape index (κ2) is 9.81. The molecular formula is C24H36N2O5. The summed E-state index contributed by atoms with van der Waals surface area (Å²) in [4.78, 5) is 39.9. The molecule has 0 spiro atoms. The number of ether oxygens (including phenoxy) is 2. The molecule has 0 radical (unpaired) electrons. The maximum absolute atomic E-state index is 13.0. The molecule has 2 rings (SSSR count). The van der Waals surface area contributed by atoms with Crippen molar-refractivity contribution in [3.63, 3.8) is 0 Å². The van der Waals surface area contributed by atoms with E-state index in [-0.39, 0.29) is 18.5 Å². The largest absolute Gasteiger partial charge is 0.467 e. The summed E-state index contributed by atoms with van der Waals surface area (Å²) in [7, 11) is 1.35. The standard InChI is InChI=1S/C24H36N2O5/c1-7-11-19(27)31-15-14-26-22(2,3)16-24(21(29)30-6,17-23(26,4)5)25-20(28)18-12-9-8-10-13-18/h8-10,12-13H,7,11,14-17H2,1-6H3,(H,25,28). The van der Waals surface area contributed by atoms with Gasteiger partial charge in [-0.2, -0.15) is 0 Å². The Morgan fingerprint density at radius 2 is 1.61 bits per heavy atom. The van der Waals surface area contributed by atoms with Crippen LogP contribution >= 0.6 is 0 Å². The van der Waals surface area contributed by atoms with E-state index >= 15 is 0 Å². The highest BCUT2D eigenvalue weighted by Gasteiger charge is 2.57. The number of nitrogens with zero attached hydrogens (tertiary/aromatic N) is 1. The normalized spacial score (nSPS) is 19.3. The Kier molecular flexibility index (Phi) is 7.87. The third kappa shape index (κ3) is 5.85. The highest BCUT2D eigenvalue weighted by Crippen LogP contribution is 2.44. The van der Waals surface area contributed by atoms with Crippen molar-refractivity contribution >= 4 is 17.8 Å². The summed E-state index contributed by atoms with van der Waals surface area (Å²) in [5, 5.41) is 3.00. The molecule has 1 aliphatic heterocycles. The van der Waals surface area contributed by atoms with E-state index in [1.165, 1.54) is 7.11 Å². The quantitative estimate of drug-likeness (QED) is 0.635. The van der Waals surface area contributed by atoms with Gasteiger partial charge in [0.1, 0.15) is 12.1 Å². The monoisotopic (exact) mass is 432 g/mol. The lowest BCUT2D eigenvalue weighted by molar-refractivity contribution is -0.160. The number of piperidine rings is 1. The van der Waals surface area contributed by atoms with Crippen molar-refractivity contribution in [2.45, 2.75) is 76.9 Å². The van der Waals surface area contributed by atoms with Gasteiger partial charge in [0.15, 0.2) is 0 Å². The van der Waals surface area contributed by atoms with Gasteiger partial charge in [-0.25, -0.2) is 4.79 Å². The number of rotatable bonds is 8. The second-order valence-electron chi connectivity index (χ2n) is 9.49. The first-order chi connectivity index (χ1) is 14.5. The molecule has 1 aromatic rings. The Bertz CT molecular complexity index is 770. The number of carbonyl (C=O) groups excluding carboxylic acids is 3. The number of methoxy groups -OCH3 is 1. The van der Waals surface area contributed by atoms with E-state index in [2.05, 4.69) is 10.2 Å². The van der Waals surface area contributed by atoms with Gasteiger partial charge >= 0.3 is 11.9 Å². The summed E-state index contributed by atoms with van der Waals surface area (Å²) in [6, 6.07) is 8.85. The first-order valence-electron chi connectivity index (χ1n) is 10.9. The van der Waals surface area contributed by atoms with Crippen molar-refractivity contribution in [2.24, 2.45) is 0 Å². The average molecular weight is 433 g/mol. The van der Waals surface area contributed by atoms with Crippen LogP contribution in [0.5, 0.6) is 0 Å². The molecular weight excluding hydrogens is 396 g/mol. The van der Waals surface area contributed by atoms with Crippen LogP contribution in [0.25, 0.3) is 0 Å². The number of hydrogen-bond donors (Lipinski definition) is 1. The fourth-order valence-corrected chi connectivity index (χ4v) is 5.04. The Hall–Kier alpha value is -2.41. The molecule has 1 aliphatic rings. The molecule has 172 valence electrons. The highest BCUT2D eigenvalue weighted by molar-refractivity contribution is 5.98. The van der Waals surface area contributed by atoms with Crippen molar-refractivity contribution in [3.8, 4) is 0 Å². The Morgan fingerprint density at radius 3 is 2.13 bits per heavy atom. The maximum Gasteiger partial charge on any atom is 0.331 e. The Morgan fingerprint density at radius 1 is 1.03 bits per heavy atom. The van der Waals surface area contributed by atoms with Crippen LogP contribution < -0.4 is 5.32 Å². The van der Waals surface area contributed by atoms with E-state index in [9.17, 15) is 14.4 Å². The van der Waals surface area contributed by atoms with Gasteiger partial charge in [-0.3, -0.25) is 14.5 Å². The van der Waals surface area contributed by atoms with Gasteiger partial charge in [-0.1, -0.05) is 25.1 Å². The summed E-state index contributed by atoms with van der Waals surface area (Å²) < 4.78 is 10.5. The molecule has 1 aromatic carbocycles. The number of benzene rings is 1. The van der Waals surface area contributed by atoms with Crippen molar-refractivity contribution in [1.29, 1.82) is 0 Å². The molecule has 31 heavy (non-hydrogen) atoms. The highest BCUT2D eigenvalue weighted by atomic mass is 16.5. The summed E-state index contributed by atoms with van der Waals surface area (Å²) in [6.07, 6.45) is 1.90. The molecule has 0 aromatic heterocycles. The zero-order valence-electron chi connectivity index (χ0n) is 19.6. The Balaban J connectivity index is 2.26. The molecule has 1 fully saturated rings. The predicted molar refractivity (Wildman–Crippen MR) is 119 cm³/mol. The fourth-order valence-electron chi connectivity index (χ4n) is 5.04. The van der Waals surface area contributed by atoms with Gasteiger partial charge in [0.2, 0.25) is 0 Å². The molecule has 7 nitrogen and oxygen atoms in total. The Labute approximate surface area is 185 Å². The molecule has 0 unspecified atom stereocenters. The van der Waals surface area contributed by atoms with Gasteiger partial charge in [-0.15, -0.1) is 0 Å². The van der Waals surface area contributed by atoms with Gasteiger partial charge in [-0.05, 0) is 59.1 Å². The second-order valence-corrected chi connectivity index (χ2v) is 9.49.